The number of hydrogen-bond acceptors (Lipinski definition) is 11. The minimum Gasteiger partial charge on any atom is -0.480 e. The Morgan fingerprint density at radius 2 is 1.16 bits per heavy atom. The molecule has 5 amide bonds. The summed E-state index contributed by atoms with van der Waals surface area (Å²) in [5.41, 5.74) is 22.0. The number of guanidine groups is 1. The summed E-state index contributed by atoms with van der Waals surface area (Å²) in [6.07, 6.45) is 1.12. The van der Waals surface area contributed by atoms with E-state index in [2.05, 4.69) is 31.6 Å². The Labute approximate surface area is 293 Å². The van der Waals surface area contributed by atoms with Gasteiger partial charge in [-0.15, -0.1) is 0 Å². The predicted molar refractivity (Wildman–Crippen MR) is 186 cm³/mol. The molecule has 0 heterocycles. The third-order valence-corrected chi connectivity index (χ3v) is 8.33. The lowest BCUT2D eigenvalue weighted by molar-refractivity contribution is -0.143. The quantitative estimate of drug-likeness (QED) is 0.0248. The van der Waals surface area contributed by atoms with Crippen molar-refractivity contribution in [2.45, 2.75) is 122 Å². The van der Waals surface area contributed by atoms with Crippen molar-refractivity contribution >= 4 is 41.5 Å². The maximum Gasteiger partial charge on any atom is 0.326 e. The summed E-state index contributed by atoms with van der Waals surface area (Å²) in [6.45, 7) is 7.80. The molecule has 9 atom stereocenters. The fourth-order valence-corrected chi connectivity index (χ4v) is 4.68. The van der Waals surface area contributed by atoms with Crippen LogP contribution in [0, 0.1) is 11.8 Å². The van der Waals surface area contributed by atoms with Gasteiger partial charge in [0.1, 0.15) is 30.2 Å². The fourth-order valence-electron chi connectivity index (χ4n) is 4.68. The van der Waals surface area contributed by atoms with Crippen molar-refractivity contribution in [2.24, 2.45) is 39.8 Å². The number of carbonyl (C=O) groups excluding carboxylic acids is 5. The zero-order chi connectivity index (χ0) is 38.6. The van der Waals surface area contributed by atoms with Crippen LogP contribution in [0.1, 0.15) is 79.6 Å². The smallest absolute Gasteiger partial charge is 0.326 e. The number of carboxylic acids is 1. The number of aliphatic hydroxyl groups excluding tert-OH is 2. The minimum absolute atomic E-state index is 0.0992. The monoisotopic (exact) mass is 716 g/mol. The molecule has 0 rings (SSSR count). The van der Waals surface area contributed by atoms with Crippen LogP contribution in [0.4, 0.5) is 0 Å². The Bertz CT molecular complexity index is 1140. The second-order valence-electron chi connectivity index (χ2n) is 12.5. The SMILES string of the molecule is CC[C@H](C)[C@H](NC(=O)[C@H](CO)NC(=O)[C@@H](NC(=O)[C@@H](NC(=O)[C@@H](N)CCCN=C(N)N)[C@@H](C)CC)[C@@H](C)O)C(=O)N[C@@H](CCCCN)C(=O)O. The molecule has 0 aromatic rings. The third kappa shape index (κ3) is 16.6. The second-order valence-corrected chi connectivity index (χ2v) is 12.5. The standard InChI is InChI=1S/C31H60N10O9/c1-6-16(3)22(27(46)37-20(30(49)50)12-8-9-13-32)40-26(45)21(15-42)38-29(48)24(18(5)43)41-28(47)23(17(4)7-2)39-25(44)19(33)11-10-14-36-31(34)35/h16-24,42-43H,6-15,32-33H2,1-5H3,(H,37,46)(H,38,48)(H,39,44)(H,40,45)(H,41,47)(H,49,50)(H4,34,35,36)/t16-,17-,18+,19-,20-,21-,22-,23-,24-/m0/s1. The average molecular weight is 717 g/mol. The maximum absolute atomic E-state index is 13.4. The van der Waals surface area contributed by atoms with Gasteiger partial charge in [-0.1, -0.05) is 40.5 Å². The maximum atomic E-state index is 13.4. The number of carbonyl (C=O) groups is 6. The molecule has 0 bridgehead atoms. The highest BCUT2D eigenvalue weighted by Gasteiger charge is 2.36. The molecule has 0 aromatic carbocycles. The van der Waals surface area contributed by atoms with Crippen LogP contribution in [0.15, 0.2) is 4.99 Å². The van der Waals surface area contributed by atoms with E-state index in [4.69, 9.17) is 22.9 Å². The molecule has 0 aliphatic rings. The zero-order valence-electron chi connectivity index (χ0n) is 29.8. The number of nitrogens with zero attached hydrogens (tertiary/aromatic N) is 1. The number of amides is 5. The molecule has 0 saturated heterocycles. The molecule has 0 unspecified atom stereocenters. The van der Waals surface area contributed by atoms with Gasteiger partial charge in [0.05, 0.1) is 18.8 Å². The molecule has 0 spiro atoms. The first-order chi connectivity index (χ1) is 23.4. The van der Waals surface area contributed by atoms with E-state index in [1.807, 2.05) is 0 Å². The minimum atomic E-state index is -1.63. The number of aliphatic carboxylic acids is 1. The van der Waals surface area contributed by atoms with E-state index in [0.717, 1.165) is 0 Å². The van der Waals surface area contributed by atoms with E-state index in [0.29, 0.717) is 38.6 Å². The van der Waals surface area contributed by atoms with E-state index < -0.39 is 96.3 Å². The molecule has 50 heavy (non-hydrogen) atoms. The molecule has 0 radical (unpaired) electrons. The highest BCUT2D eigenvalue weighted by Crippen LogP contribution is 2.12. The lowest BCUT2D eigenvalue weighted by Crippen LogP contribution is -2.63. The number of nitrogens with one attached hydrogen (secondary N) is 5. The summed E-state index contributed by atoms with van der Waals surface area (Å²) in [7, 11) is 0. The molecule has 288 valence electrons. The second kappa shape index (κ2) is 24.1. The lowest BCUT2D eigenvalue weighted by atomic mass is 9.96. The number of nitrogens with two attached hydrogens (primary N) is 4. The number of carboxylic acid groups (broad SMARTS) is 1. The molecular formula is C31H60N10O9. The molecule has 0 aliphatic carbocycles. The van der Waals surface area contributed by atoms with Crippen LogP contribution in [0.2, 0.25) is 0 Å². The largest absolute Gasteiger partial charge is 0.480 e. The van der Waals surface area contributed by atoms with Gasteiger partial charge >= 0.3 is 5.97 Å². The molecule has 16 N–H and O–H groups in total. The Kier molecular flexibility index (Phi) is 22.2. The first-order valence-electron chi connectivity index (χ1n) is 17.0. The number of rotatable bonds is 25. The summed E-state index contributed by atoms with van der Waals surface area (Å²) in [6, 6.07) is -7.84. The molecule has 0 aromatic heterocycles. The van der Waals surface area contributed by atoms with Crippen molar-refractivity contribution in [1.29, 1.82) is 0 Å². The van der Waals surface area contributed by atoms with Crippen LogP contribution in [0.25, 0.3) is 0 Å². The van der Waals surface area contributed by atoms with Crippen LogP contribution in [-0.4, -0.2) is 119 Å². The van der Waals surface area contributed by atoms with E-state index in [1.165, 1.54) is 6.92 Å². The molecule has 0 saturated carbocycles. The first kappa shape index (κ1) is 45.9. The molecule has 19 heteroatoms. The van der Waals surface area contributed by atoms with Gasteiger partial charge in [-0.25, -0.2) is 4.79 Å². The first-order valence-corrected chi connectivity index (χ1v) is 17.0. The van der Waals surface area contributed by atoms with Crippen LogP contribution < -0.4 is 49.5 Å². The van der Waals surface area contributed by atoms with Gasteiger partial charge < -0.3 is 64.8 Å². The van der Waals surface area contributed by atoms with Crippen molar-refractivity contribution in [3.63, 3.8) is 0 Å². The Morgan fingerprint density at radius 3 is 1.62 bits per heavy atom. The van der Waals surface area contributed by atoms with Crippen LogP contribution in [0.5, 0.6) is 0 Å². The van der Waals surface area contributed by atoms with Crippen molar-refractivity contribution in [1.82, 2.24) is 26.6 Å². The topological polar surface area (TPSA) is 340 Å². The normalized spacial score (nSPS) is 16.5. The van der Waals surface area contributed by atoms with Gasteiger partial charge in [0.25, 0.3) is 0 Å². The van der Waals surface area contributed by atoms with Gasteiger partial charge in [-0.05, 0) is 57.4 Å². The van der Waals surface area contributed by atoms with E-state index in [-0.39, 0.29) is 25.3 Å². The number of hydrogen-bond donors (Lipinski definition) is 12. The zero-order valence-corrected chi connectivity index (χ0v) is 29.8. The average Bonchev–Trinajstić information content (AvgIpc) is 3.06. The van der Waals surface area contributed by atoms with E-state index in [9.17, 15) is 44.1 Å². The molecule has 19 nitrogen and oxygen atoms in total. The fraction of sp³-hybridized carbons (Fsp3) is 0.774. The van der Waals surface area contributed by atoms with Gasteiger partial charge in [0.15, 0.2) is 5.96 Å². The summed E-state index contributed by atoms with van der Waals surface area (Å²) in [5.74, 6) is -6.46. The molecule has 0 aliphatic heterocycles. The third-order valence-electron chi connectivity index (χ3n) is 8.33. The van der Waals surface area contributed by atoms with Crippen LogP contribution >= 0.6 is 0 Å². The predicted octanol–water partition coefficient (Wildman–Crippen LogP) is -3.53. The Hall–Kier alpha value is -4.07. The molecular weight excluding hydrogens is 656 g/mol. The number of aliphatic imine (C=N–C) groups is 1. The van der Waals surface area contributed by atoms with Crippen molar-refractivity contribution < 1.29 is 44.1 Å². The van der Waals surface area contributed by atoms with Crippen LogP contribution in [-0.2, 0) is 28.8 Å². The van der Waals surface area contributed by atoms with Gasteiger partial charge in [-0.3, -0.25) is 29.0 Å². The lowest BCUT2D eigenvalue weighted by Gasteiger charge is -2.30. The Morgan fingerprint density at radius 1 is 0.680 bits per heavy atom. The van der Waals surface area contributed by atoms with Crippen molar-refractivity contribution in [2.75, 3.05) is 19.7 Å². The highest BCUT2D eigenvalue weighted by molar-refractivity contribution is 5.96. The summed E-state index contributed by atoms with van der Waals surface area (Å²) < 4.78 is 0. The summed E-state index contributed by atoms with van der Waals surface area (Å²) in [5, 5.41) is 42.1. The number of unbranched alkanes of at least 4 members (excludes halogenated alkanes) is 1. The van der Waals surface area contributed by atoms with E-state index in [1.54, 1.807) is 27.7 Å². The van der Waals surface area contributed by atoms with Gasteiger partial charge in [-0.2, -0.15) is 0 Å². The summed E-state index contributed by atoms with van der Waals surface area (Å²) >= 11 is 0. The Balaban J connectivity index is 5.78. The van der Waals surface area contributed by atoms with Gasteiger partial charge in [0.2, 0.25) is 29.5 Å². The highest BCUT2D eigenvalue weighted by atomic mass is 16.4. The molecule has 0 fully saturated rings. The van der Waals surface area contributed by atoms with E-state index >= 15 is 0 Å². The van der Waals surface area contributed by atoms with Gasteiger partial charge in [0, 0.05) is 6.54 Å². The number of aliphatic hydroxyl groups is 2. The van der Waals surface area contributed by atoms with Crippen LogP contribution in [0.3, 0.4) is 0 Å². The summed E-state index contributed by atoms with van der Waals surface area (Å²) in [4.78, 5) is 81.4. The van der Waals surface area contributed by atoms with Crippen molar-refractivity contribution in [3.05, 3.63) is 0 Å². The van der Waals surface area contributed by atoms with Crippen molar-refractivity contribution in [3.8, 4) is 0 Å².